The Labute approximate surface area is 131 Å². The largest absolute Gasteiger partial charge is 0.494 e. The molecular formula is C16H23FO4S. The maximum atomic E-state index is 13.6. The fraction of sp³-hybridized carbons (Fsp3) is 0.625. The van der Waals surface area contributed by atoms with E-state index in [0.717, 1.165) is 12.8 Å². The van der Waals surface area contributed by atoms with Gasteiger partial charge >= 0.3 is 0 Å². The average molecular weight is 330 g/mol. The van der Waals surface area contributed by atoms with Gasteiger partial charge in [-0.3, -0.25) is 0 Å². The van der Waals surface area contributed by atoms with Crippen molar-refractivity contribution in [3.8, 4) is 5.75 Å². The van der Waals surface area contributed by atoms with Gasteiger partial charge in [0.15, 0.2) is 21.4 Å². The van der Waals surface area contributed by atoms with Crippen molar-refractivity contribution in [3.05, 3.63) is 29.6 Å². The summed E-state index contributed by atoms with van der Waals surface area (Å²) in [6, 6.07) is 4.12. The van der Waals surface area contributed by atoms with E-state index in [1.165, 1.54) is 25.3 Å². The summed E-state index contributed by atoms with van der Waals surface area (Å²) in [5.74, 6) is -0.508. The lowest BCUT2D eigenvalue weighted by molar-refractivity contribution is 0.0135. The van der Waals surface area contributed by atoms with Crippen LogP contribution in [0.4, 0.5) is 4.39 Å². The van der Waals surface area contributed by atoms with Gasteiger partial charge in [0.25, 0.3) is 0 Å². The van der Waals surface area contributed by atoms with Crippen LogP contribution in [0.1, 0.15) is 38.2 Å². The van der Waals surface area contributed by atoms with Gasteiger partial charge < -0.3 is 9.84 Å². The van der Waals surface area contributed by atoms with Crippen molar-refractivity contribution in [1.82, 2.24) is 0 Å². The lowest BCUT2D eigenvalue weighted by Crippen LogP contribution is -2.40. The molecule has 0 heterocycles. The van der Waals surface area contributed by atoms with Gasteiger partial charge in [-0.2, -0.15) is 0 Å². The summed E-state index contributed by atoms with van der Waals surface area (Å²) < 4.78 is 43.1. The quantitative estimate of drug-likeness (QED) is 0.901. The van der Waals surface area contributed by atoms with Crippen molar-refractivity contribution in [3.63, 3.8) is 0 Å². The molecule has 1 N–H and O–H groups in total. The Morgan fingerprint density at radius 3 is 2.55 bits per heavy atom. The van der Waals surface area contributed by atoms with Crippen LogP contribution < -0.4 is 4.74 Å². The zero-order chi connectivity index (χ0) is 16.4. The van der Waals surface area contributed by atoms with Gasteiger partial charge in [0.05, 0.1) is 24.2 Å². The lowest BCUT2D eigenvalue weighted by Gasteiger charge is -2.34. The first kappa shape index (κ1) is 17.2. The number of hydrogen-bond donors (Lipinski definition) is 1. The Hall–Kier alpha value is -1.14. The van der Waals surface area contributed by atoms with Gasteiger partial charge in [0.1, 0.15) is 0 Å². The summed E-state index contributed by atoms with van der Waals surface area (Å²) in [7, 11) is -2.15. The zero-order valence-corrected chi connectivity index (χ0v) is 13.8. The number of hydrogen-bond acceptors (Lipinski definition) is 4. The molecule has 1 aliphatic carbocycles. The number of ether oxygens (including phenoxy) is 1. The van der Waals surface area contributed by atoms with E-state index in [9.17, 15) is 17.9 Å². The molecule has 124 valence electrons. The number of sulfone groups is 1. The number of methoxy groups -OCH3 is 1. The summed E-state index contributed by atoms with van der Waals surface area (Å²) in [4.78, 5) is 0. The maximum Gasteiger partial charge on any atom is 0.165 e. The number of halogens is 1. The molecule has 4 nitrogen and oxygen atoms in total. The van der Waals surface area contributed by atoms with Crippen LogP contribution in [-0.4, -0.2) is 32.0 Å². The molecule has 6 heteroatoms. The fourth-order valence-electron chi connectivity index (χ4n) is 2.96. The predicted molar refractivity (Wildman–Crippen MR) is 83.0 cm³/mol. The first-order chi connectivity index (χ1) is 10.2. The van der Waals surface area contributed by atoms with Crippen LogP contribution in [-0.2, 0) is 15.6 Å². The summed E-state index contributed by atoms with van der Waals surface area (Å²) in [6.45, 7) is 2.11. The van der Waals surface area contributed by atoms with Crippen LogP contribution in [0.25, 0.3) is 0 Å². The number of rotatable bonds is 5. The summed E-state index contributed by atoms with van der Waals surface area (Å²) in [5.41, 5.74) is -0.776. The lowest BCUT2D eigenvalue weighted by atomic mass is 9.81. The molecule has 1 fully saturated rings. The second kappa shape index (κ2) is 6.54. The van der Waals surface area contributed by atoms with Gasteiger partial charge in [-0.05, 0) is 49.3 Å². The topological polar surface area (TPSA) is 63.6 Å². The zero-order valence-electron chi connectivity index (χ0n) is 13.0. The van der Waals surface area contributed by atoms with E-state index in [0.29, 0.717) is 24.3 Å². The molecule has 0 amide bonds. The fourth-order valence-corrected chi connectivity index (χ4v) is 4.85. The Kier molecular flexibility index (Phi) is 5.12. The van der Waals surface area contributed by atoms with E-state index >= 15 is 0 Å². The van der Waals surface area contributed by atoms with Crippen molar-refractivity contribution >= 4 is 9.84 Å². The molecule has 0 radical (unpaired) electrons. The first-order valence-corrected chi connectivity index (χ1v) is 9.30. The Morgan fingerprint density at radius 2 is 2.00 bits per heavy atom. The highest BCUT2D eigenvalue weighted by Crippen LogP contribution is 2.33. The molecule has 2 rings (SSSR count). The van der Waals surface area contributed by atoms with Gasteiger partial charge in [-0.15, -0.1) is 0 Å². The van der Waals surface area contributed by atoms with Crippen molar-refractivity contribution in [2.24, 2.45) is 5.92 Å². The van der Waals surface area contributed by atoms with E-state index in [2.05, 4.69) is 6.92 Å². The molecular weight excluding hydrogens is 307 g/mol. The summed E-state index contributed by atoms with van der Waals surface area (Å²) in [6.07, 6.45) is 2.68. The Balaban J connectivity index is 2.06. The van der Waals surface area contributed by atoms with Gasteiger partial charge in [0, 0.05) is 0 Å². The molecule has 1 aliphatic rings. The highest BCUT2D eigenvalue weighted by atomic mass is 32.2. The van der Waals surface area contributed by atoms with Crippen molar-refractivity contribution in [1.29, 1.82) is 0 Å². The maximum absolute atomic E-state index is 13.6. The van der Waals surface area contributed by atoms with Crippen molar-refractivity contribution in [2.45, 2.75) is 44.0 Å². The predicted octanol–water partition coefficient (Wildman–Crippen LogP) is 2.69. The number of aliphatic hydroxyl groups is 1. The van der Waals surface area contributed by atoms with E-state index in [1.807, 2.05) is 0 Å². The van der Waals surface area contributed by atoms with Gasteiger partial charge in [-0.25, -0.2) is 12.8 Å². The molecule has 0 bridgehead atoms. The van der Waals surface area contributed by atoms with E-state index in [-0.39, 0.29) is 17.3 Å². The Morgan fingerprint density at radius 1 is 1.36 bits per heavy atom. The van der Waals surface area contributed by atoms with Crippen LogP contribution in [0.2, 0.25) is 0 Å². The van der Waals surface area contributed by atoms with Crippen LogP contribution in [0.3, 0.4) is 0 Å². The minimum atomic E-state index is -3.50. The molecule has 0 atom stereocenters. The van der Waals surface area contributed by atoms with E-state index in [1.54, 1.807) is 0 Å². The first-order valence-electron chi connectivity index (χ1n) is 7.48. The average Bonchev–Trinajstić information content (AvgIpc) is 2.41. The standard InChI is InChI=1S/C16H23FO4S/c1-12-5-7-16(18,8-6-12)11-22(19,20)10-13-3-4-15(21-2)14(17)9-13/h3-4,9,12,18H,5-8,10-11H2,1-2H3. The van der Waals surface area contributed by atoms with Gasteiger partial charge in [0.2, 0.25) is 0 Å². The van der Waals surface area contributed by atoms with Crippen molar-refractivity contribution < 1.29 is 22.7 Å². The molecule has 1 aromatic rings. The second-order valence-corrected chi connectivity index (χ2v) is 8.47. The third-order valence-electron chi connectivity index (χ3n) is 4.30. The Bertz CT molecular complexity index is 619. The van der Waals surface area contributed by atoms with Crippen LogP contribution in [0, 0.1) is 11.7 Å². The molecule has 1 aromatic carbocycles. The molecule has 22 heavy (non-hydrogen) atoms. The molecule has 0 spiro atoms. The second-order valence-electron chi connectivity index (χ2n) is 6.41. The summed E-state index contributed by atoms with van der Waals surface area (Å²) in [5, 5.41) is 10.5. The molecule has 0 unspecified atom stereocenters. The van der Waals surface area contributed by atoms with Crippen LogP contribution in [0.5, 0.6) is 5.75 Å². The minimum Gasteiger partial charge on any atom is -0.494 e. The molecule has 0 saturated heterocycles. The minimum absolute atomic E-state index is 0.0843. The monoisotopic (exact) mass is 330 g/mol. The van der Waals surface area contributed by atoms with Gasteiger partial charge in [-0.1, -0.05) is 13.0 Å². The third kappa shape index (κ3) is 4.43. The van der Waals surface area contributed by atoms with Crippen LogP contribution in [0.15, 0.2) is 18.2 Å². The highest BCUT2D eigenvalue weighted by molar-refractivity contribution is 7.90. The highest BCUT2D eigenvalue weighted by Gasteiger charge is 2.36. The smallest absolute Gasteiger partial charge is 0.165 e. The number of benzene rings is 1. The molecule has 0 aromatic heterocycles. The van der Waals surface area contributed by atoms with E-state index in [4.69, 9.17) is 4.74 Å². The normalized spacial score (nSPS) is 25.9. The molecule has 0 aliphatic heterocycles. The van der Waals surface area contributed by atoms with Crippen LogP contribution >= 0.6 is 0 Å². The SMILES string of the molecule is COc1ccc(CS(=O)(=O)CC2(O)CCC(C)CC2)cc1F. The van der Waals surface area contributed by atoms with E-state index < -0.39 is 21.3 Å². The van der Waals surface area contributed by atoms with Crippen molar-refractivity contribution in [2.75, 3.05) is 12.9 Å². The third-order valence-corrected chi connectivity index (χ3v) is 6.05. The molecule has 1 saturated carbocycles. The summed E-state index contributed by atoms with van der Waals surface area (Å²) >= 11 is 0.